The number of likely N-dealkylation sites (tertiary alicyclic amines) is 1. The van der Waals surface area contributed by atoms with Gasteiger partial charge >= 0.3 is 12.1 Å². The Morgan fingerprint density at radius 3 is 1.92 bits per heavy atom. The highest BCUT2D eigenvalue weighted by molar-refractivity contribution is 6.05. The van der Waals surface area contributed by atoms with Crippen molar-refractivity contribution < 1.29 is 33.4 Å². The highest BCUT2D eigenvalue weighted by Crippen LogP contribution is 2.34. The van der Waals surface area contributed by atoms with Crippen LogP contribution in [0, 0.1) is 13.8 Å². The molecule has 324 valence electrons. The van der Waals surface area contributed by atoms with Crippen LogP contribution in [-0.2, 0) is 32.2 Å². The van der Waals surface area contributed by atoms with Crippen LogP contribution in [0.15, 0.2) is 73.1 Å². The summed E-state index contributed by atoms with van der Waals surface area (Å²) in [5.41, 5.74) is 6.55. The first-order chi connectivity index (χ1) is 29.2. The topological polar surface area (TPSA) is 193 Å². The van der Waals surface area contributed by atoms with E-state index in [1.165, 1.54) is 7.11 Å². The predicted octanol–water partition coefficient (Wildman–Crippen LogP) is 6.30. The summed E-state index contributed by atoms with van der Waals surface area (Å²) >= 11 is 0. The maximum Gasteiger partial charge on any atom is 0.407 e. The number of methoxy groups -OCH3 is 1. The minimum absolute atomic E-state index is 0.100. The predicted molar refractivity (Wildman–Crippen MR) is 234 cm³/mol. The van der Waals surface area contributed by atoms with Gasteiger partial charge < -0.3 is 36.1 Å². The standard InChI is InChI=1S/C46H58N8O7/c1-30-34(35-13-10-15-37(31(35)2)53-43(57)39-21-19-33(28-51-39)29-54-25-8-7-16-40(54)44(58)60-6)12-9-14-36(30)52-42(56)38-20-18-32(27-50-38)26-47-23-24-48-41(55)17-11-22-49-45(59)61-46(3,4)5/h9-10,12-15,18-21,27-28,40,47H,7-8,11,16-17,22-26,29H2,1-6H3,(H,48,55)(H,49,59)(H,52,56)(H,53,57)/t40-/m0/s1. The Balaban J connectivity index is 1.09. The van der Waals surface area contributed by atoms with Crippen molar-refractivity contribution in [3.63, 3.8) is 0 Å². The zero-order valence-corrected chi connectivity index (χ0v) is 36.0. The van der Waals surface area contributed by atoms with E-state index in [1.54, 1.807) is 45.3 Å². The number of hydrogen-bond donors (Lipinski definition) is 5. The van der Waals surface area contributed by atoms with Crippen LogP contribution < -0.4 is 26.6 Å². The number of pyridine rings is 2. The minimum Gasteiger partial charge on any atom is -0.468 e. The second-order valence-electron chi connectivity index (χ2n) is 16.0. The molecule has 0 spiro atoms. The lowest BCUT2D eigenvalue weighted by atomic mass is 9.94. The Hall–Kier alpha value is -6.19. The molecule has 1 fully saturated rings. The van der Waals surface area contributed by atoms with E-state index in [0.29, 0.717) is 50.5 Å². The van der Waals surface area contributed by atoms with Crippen molar-refractivity contribution in [3.8, 4) is 11.1 Å². The number of carbonyl (C=O) groups is 5. The molecule has 1 aliphatic heterocycles. The molecular weight excluding hydrogens is 777 g/mol. The van der Waals surface area contributed by atoms with Crippen LogP contribution in [0.2, 0.25) is 0 Å². The van der Waals surface area contributed by atoms with E-state index in [9.17, 15) is 24.0 Å². The van der Waals surface area contributed by atoms with Crippen molar-refractivity contribution in [2.24, 2.45) is 0 Å². The van der Waals surface area contributed by atoms with Gasteiger partial charge in [0.1, 0.15) is 23.0 Å². The third-order valence-corrected chi connectivity index (χ3v) is 10.2. The summed E-state index contributed by atoms with van der Waals surface area (Å²) in [4.78, 5) is 73.7. The largest absolute Gasteiger partial charge is 0.468 e. The fraction of sp³-hybridized carbons (Fsp3) is 0.413. The van der Waals surface area contributed by atoms with Crippen LogP contribution in [-0.4, -0.2) is 89.6 Å². The van der Waals surface area contributed by atoms with Gasteiger partial charge in [0.05, 0.1) is 7.11 Å². The van der Waals surface area contributed by atoms with Gasteiger partial charge in [0.25, 0.3) is 11.8 Å². The van der Waals surface area contributed by atoms with Crippen LogP contribution in [0.3, 0.4) is 0 Å². The number of esters is 1. The molecule has 1 saturated heterocycles. The van der Waals surface area contributed by atoms with Gasteiger partial charge in [-0.25, -0.2) is 4.79 Å². The number of benzene rings is 2. The summed E-state index contributed by atoms with van der Waals surface area (Å²) in [5, 5.41) is 14.8. The minimum atomic E-state index is -0.569. The second-order valence-corrected chi connectivity index (χ2v) is 16.0. The van der Waals surface area contributed by atoms with Crippen molar-refractivity contribution in [1.29, 1.82) is 0 Å². The zero-order valence-electron chi connectivity index (χ0n) is 36.0. The molecule has 0 radical (unpaired) electrons. The van der Waals surface area contributed by atoms with E-state index < -0.39 is 11.7 Å². The maximum absolute atomic E-state index is 13.3. The van der Waals surface area contributed by atoms with Gasteiger partial charge in [-0.1, -0.05) is 42.8 Å². The lowest BCUT2D eigenvalue weighted by molar-refractivity contribution is -0.148. The van der Waals surface area contributed by atoms with Gasteiger partial charge in [0.15, 0.2) is 0 Å². The SMILES string of the molecule is COC(=O)[C@@H]1CCCCN1Cc1ccc(C(=O)Nc2cccc(-c3cccc(NC(=O)c4ccc(CNCCNC(=O)CCCNC(=O)OC(C)(C)C)cn4)c3C)c2C)nc1. The van der Waals surface area contributed by atoms with Gasteiger partial charge in [-0.05, 0) is 118 Å². The number of carbonyl (C=O) groups excluding carboxylic acids is 5. The molecule has 5 N–H and O–H groups in total. The molecule has 4 amide bonds. The van der Waals surface area contributed by atoms with E-state index >= 15 is 0 Å². The molecule has 1 aliphatic rings. The fourth-order valence-corrected chi connectivity index (χ4v) is 7.00. The van der Waals surface area contributed by atoms with Crippen molar-refractivity contribution >= 4 is 41.2 Å². The molecule has 4 aromatic rings. The summed E-state index contributed by atoms with van der Waals surface area (Å²) in [7, 11) is 1.41. The average Bonchev–Trinajstić information content (AvgIpc) is 3.23. The smallest absolute Gasteiger partial charge is 0.407 e. The van der Waals surface area contributed by atoms with Crippen molar-refractivity contribution in [1.82, 2.24) is 30.8 Å². The number of nitrogens with one attached hydrogen (secondary N) is 5. The molecule has 1 atom stereocenters. The molecule has 2 aromatic carbocycles. The Morgan fingerprint density at radius 1 is 0.754 bits per heavy atom. The van der Waals surface area contributed by atoms with Crippen molar-refractivity contribution in [2.45, 2.75) is 91.5 Å². The fourth-order valence-electron chi connectivity index (χ4n) is 7.00. The third-order valence-electron chi connectivity index (χ3n) is 10.2. The first-order valence-electron chi connectivity index (χ1n) is 20.7. The Kier molecular flexibility index (Phi) is 16.5. The van der Waals surface area contributed by atoms with Gasteiger partial charge in [0.2, 0.25) is 5.91 Å². The summed E-state index contributed by atoms with van der Waals surface area (Å²) in [6.45, 7) is 12.4. The summed E-state index contributed by atoms with van der Waals surface area (Å²) in [6, 6.07) is 18.2. The zero-order chi connectivity index (χ0) is 43.9. The Bertz CT molecular complexity index is 2150. The molecule has 15 heteroatoms. The number of hydrogen-bond acceptors (Lipinski definition) is 11. The molecule has 61 heavy (non-hydrogen) atoms. The summed E-state index contributed by atoms with van der Waals surface area (Å²) in [6.07, 6.45) is 6.38. The van der Waals surface area contributed by atoms with Crippen LogP contribution in [0.1, 0.15) is 96.1 Å². The van der Waals surface area contributed by atoms with E-state index in [2.05, 4.69) is 41.5 Å². The van der Waals surface area contributed by atoms with Crippen LogP contribution >= 0.6 is 0 Å². The van der Waals surface area contributed by atoms with E-state index in [1.807, 2.05) is 62.4 Å². The quantitative estimate of drug-likeness (QED) is 0.0592. The Labute approximate surface area is 357 Å². The number of amides is 4. The lowest BCUT2D eigenvalue weighted by Crippen LogP contribution is -2.44. The van der Waals surface area contributed by atoms with Crippen molar-refractivity contribution in [2.75, 3.05) is 43.9 Å². The van der Waals surface area contributed by atoms with Gasteiger partial charge in [0, 0.05) is 62.9 Å². The number of rotatable bonds is 17. The number of anilines is 2. The molecule has 15 nitrogen and oxygen atoms in total. The summed E-state index contributed by atoms with van der Waals surface area (Å²) in [5.74, 6) is -1.01. The van der Waals surface area contributed by atoms with E-state index in [-0.39, 0.29) is 47.5 Å². The normalized spacial score (nSPS) is 14.1. The van der Waals surface area contributed by atoms with Gasteiger partial charge in [-0.2, -0.15) is 0 Å². The molecule has 0 aliphatic carbocycles. The highest BCUT2D eigenvalue weighted by atomic mass is 16.6. The number of piperidine rings is 1. The average molecular weight is 835 g/mol. The van der Waals surface area contributed by atoms with Gasteiger partial charge in [-0.15, -0.1) is 0 Å². The van der Waals surface area contributed by atoms with Crippen LogP contribution in [0.5, 0.6) is 0 Å². The number of alkyl carbamates (subject to hydrolysis) is 1. The second kappa shape index (κ2) is 21.9. The van der Waals surface area contributed by atoms with Crippen molar-refractivity contribution in [3.05, 3.63) is 107 Å². The van der Waals surface area contributed by atoms with E-state index in [0.717, 1.165) is 59.2 Å². The highest BCUT2D eigenvalue weighted by Gasteiger charge is 2.29. The van der Waals surface area contributed by atoms with Crippen LogP contribution in [0.25, 0.3) is 11.1 Å². The number of nitrogens with zero attached hydrogens (tertiary/aromatic N) is 3. The van der Waals surface area contributed by atoms with E-state index in [4.69, 9.17) is 9.47 Å². The van der Waals surface area contributed by atoms with Gasteiger partial charge in [-0.3, -0.25) is 34.0 Å². The molecular formula is C46H58N8O7. The molecule has 5 rings (SSSR count). The molecule has 3 heterocycles. The monoisotopic (exact) mass is 834 g/mol. The number of ether oxygens (including phenoxy) is 2. The maximum atomic E-state index is 13.3. The third kappa shape index (κ3) is 13.7. The first-order valence-corrected chi connectivity index (χ1v) is 20.7. The Morgan fingerprint density at radius 2 is 1.36 bits per heavy atom. The molecule has 0 saturated carbocycles. The molecule has 0 bridgehead atoms. The van der Waals surface area contributed by atoms with Crippen LogP contribution in [0.4, 0.5) is 16.2 Å². The summed E-state index contributed by atoms with van der Waals surface area (Å²) < 4.78 is 10.2. The first kappa shape index (κ1) is 45.9. The lowest BCUT2D eigenvalue weighted by Gasteiger charge is -2.33. The molecule has 2 aromatic heterocycles. The number of aromatic nitrogens is 2. The molecule has 0 unspecified atom stereocenters.